The third kappa shape index (κ3) is 3.52. The van der Waals surface area contributed by atoms with E-state index in [1.54, 1.807) is 25.1 Å². The number of carbonyl (C=O) groups is 1. The second kappa shape index (κ2) is 6.15. The van der Waals surface area contributed by atoms with Crippen molar-refractivity contribution >= 4 is 33.4 Å². The van der Waals surface area contributed by atoms with Crippen LogP contribution in [-0.4, -0.2) is 29.3 Å². The van der Waals surface area contributed by atoms with Crippen LogP contribution < -0.4 is 10.1 Å². The standard InChI is InChI=1S/C15H19BrClNO3/c1-8(21-11-5-4-9(17)6-10(11)16)14(20)18-12-7-13(19)15(12,2)3/h4-6,8,12-13,19H,7H2,1-3H3,(H,18,20). The van der Waals surface area contributed by atoms with Crippen LogP contribution in [0.2, 0.25) is 5.02 Å². The van der Waals surface area contributed by atoms with E-state index in [2.05, 4.69) is 21.2 Å². The molecule has 0 bridgehead atoms. The Morgan fingerprint density at radius 3 is 2.76 bits per heavy atom. The Balaban J connectivity index is 1.94. The zero-order chi connectivity index (χ0) is 15.8. The molecule has 0 heterocycles. The molecule has 1 saturated carbocycles. The number of nitrogens with one attached hydrogen (secondary N) is 1. The molecule has 4 nitrogen and oxygen atoms in total. The fourth-order valence-electron chi connectivity index (χ4n) is 2.25. The molecular weight excluding hydrogens is 358 g/mol. The lowest BCUT2D eigenvalue weighted by Gasteiger charge is -2.49. The number of rotatable bonds is 4. The van der Waals surface area contributed by atoms with E-state index in [0.29, 0.717) is 21.7 Å². The Kier molecular flexibility index (Phi) is 4.85. The van der Waals surface area contributed by atoms with Gasteiger partial charge in [0, 0.05) is 16.5 Å². The third-order valence-electron chi connectivity index (χ3n) is 4.10. The van der Waals surface area contributed by atoms with Crippen LogP contribution in [0.5, 0.6) is 5.75 Å². The second-order valence-corrected chi connectivity index (χ2v) is 7.26. The topological polar surface area (TPSA) is 58.6 Å². The highest BCUT2D eigenvalue weighted by Crippen LogP contribution is 2.40. The van der Waals surface area contributed by atoms with E-state index in [-0.39, 0.29) is 23.5 Å². The predicted octanol–water partition coefficient (Wildman–Crippen LogP) is 3.15. The molecule has 1 amide bonds. The number of hydrogen-bond acceptors (Lipinski definition) is 3. The number of aliphatic hydroxyl groups is 1. The third-order valence-corrected chi connectivity index (χ3v) is 4.95. The molecule has 21 heavy (non-hydrogen) atoms. The molecule has 1 aromatic rings. The van der Waals surface area contributed by atoms with Crippen LogP contribution in [0.15, 0.2) is 22.7 Å². The molecule has 0 radical (unpaired) electrons. The monoisotopic (exact) mass is 375 g/mol. The van der Waals surface area contributed by atoms with Crippen LogP contribution >= 0.6 is 27.5 Å². The van der Waals surface area contributed by atoms with Crippen LogP contribution in [0.4, 0.5) is 0 Å². The van der Waals surface area contributed by atoms with Gasteiger partial charge >= 0.3 is 0 Å². The summed E-state index contributed by atoms with van der Waals surface area (Å²) in [5, 5.41) is 13.2. The van der Waals surface area contributed by atoms with Crippen LogP contribution in [0, 0.1) is 5.41 Å². The fourth-order valence-corrected chi connectivity index (χ4v) is 3.03. The number of aliphatic hydroxyl groups excluding tert-OH is 1. The van der Waals surface area contributed by atoms with Crippen LogP contribution in [0.25, 0.3) is 0 Å². The molecule has 2 N–H and O–H groups in total. The van der Waals surface area contributed by atoms with E-state index >= 15 is 0 Å². The van der Waals surface area contributed by atoms with Crippen LogP contribution in [0.1, 0.15) is 27.2 Å². The van der Waals surface area contributed by atoms with Gasteiger partial charge in [0.2, 0.25) is 0 Å². The highest BCUT2D eigenvalue weighted by atomic mass is 79.9. The van der Waals surface area contributed by atoms with Gasteiger partial charge in [-0.2, -0.15) is 0 Å². The molecule has 0 aliphatic heterocycles. The van der Waals surface area contributed by atoms with E-state index in [9.17, 15) is 9.90 Å². The lowest BCUT2D eigenvalue weighted by Crippen LogP contribution is -2.62. The molecule has 1 fully saturated rings. The summed E-state index contributed by atoms with van der Waals surface area (Å²) in [6.07, 6.45) is -0.420. The van der Waals surface area contributed by atoms with E-state index in [0.717, 1.165) is 0 Å². The van der Waals surface area contributed by atoms with Gasteiger partial charge in [0.25, 0.3) is 5.91 Å². The summed E-state index contributed by atoms with van der Waals surface area (Å²) >= 11 is 9.22. The van der Waals surface area contributed by atoms with Gasteiger partial charge in [-0.3, -0.25) is 4.79 Å². The number of halogens is 2. The largest absolute Gasteiger partial charge is 0.480 e. The van der Waals surface area contributed by atoms with E-state index in [1.807, 2.05) is 13.8 Å². The van der Waals surface area contributed by atoms with Crippen molar-refractivity contribution < 1.29 is 14.6 Å². The molecule has 116 valence electrons. The Hall–Kier alpha value is -0.780. The van der Waals surface area contributed by atoms with Gasteiger partial charge in [0.1, 0.15) is 5.75 Å². The number of ether oxygens (including phenoxy) is 1. The van der Waals surface area contributed by atoms with Crippen LogP contribution in [-0.2, 0) is 4.79 Å². The molecule has 1 aromatic carbocycles. The maximum atomic E-state index is 12.2. The highest BCUT2D eigenvalue weighted by molar-refractivity contribution is 9.10. The Bertz CT molecular complexity index is 550. The van der Waals surface area contributed by atoms with Gasteiger partial charge in [-0.05, 0) is 47.5 Å². The number of hydrogen-bond donors (Lipinski definition) is 2. The smallest absolute Gasteiger partial charge is 0.261 e. The van der Waals surface area contributed by atoms with E-state index in [4.69, 9.17) is 16.3 Å². The minimum absolute atomic E-state index is 0.0280. The van der Waals surface area contributed by atoms with E-state index in [1.165, 1.54) is 0 Å². The second-order valence-electron chi connectivity index (χ2n) is 5.97. The SMILES string of the molecule is CC(Oc1ccc(Cl)cc1Br)C(=O)NC1CC(O)C1(C)C. The van der Waals surface area contributed by atoms with Gasteiger partial charge in [0.05, 0.1) is 10.6 Å². The minimum atomic E-state index is -0.629. The first-order valence-electron chi connectivity index (χ1n) is 6.82. The van der Waals surface area contributed by atoms with Crippen molar-refractivity contribution in [1.82, 2.24) is 5.32 Å². The van der Waals surface area contributed by atoms with Crippen LogP contribution in [0.3, 0.4) is 0 Å². The number of carbonyl (C=O) groups excluding carboxylic acids is 1. The average Bonchev–Trinajstić information content (AvgIpc) is 2.41. The Labute approximate surface area is 138 Å². The summed E-state index contributed by atoms with van der Waals surface area (Å²) in [5.41, 5.74) is -0.295. The molecular formula is C15H19BrClNO3. The van der Waals surface area contributed by atoms with Gasteiger partial charge in [0.15, 0.2) is 6.10 Å². The summed E-state index contributed by atoms with van der Waals surface area (Å²) in [5.74, 6) is 0.372. The summed E-state index contributed by atoms with van der Waals surface area (Å²) in [7, 11) is 0. The predicted molar refractivity (Wildman–Crippen MR) is 85.6 cm³/mol. The van der Waals surface area contributed by atoms with Crippen molar-refractivity contribution in [3.8, 4) is 5.75 Å². The maximum Gasteiger partial charge on any atom is 0.261 e. The first-order valence-corrected chi connectivity index (χ1v) is 7.99. The molecule has 0 aromatic heterocycles. The summed E-state index contributed by atoms with van der Waals surface area (Å²) in [4.78, 5) is 12.2. The summed E-state index contributed by atoms with van der Waals surface area (Å²) < 4.78 is 6.35. The Morgan fingerprint density at radius 2 is 2.24 bits per heavy atom. The van der Waals surface area contributed by atoms with Crippen molar-refractivity contribution in [2.75, 3.05) is 0 Å². The zero-order valence-corrected chi connectivity index (χ0v) is 14.5. The van der Waals surface area contributed by atoms with Crippen molar-refractivity contribution in [3.63, 3.8) is 0 Å². The highest BCUT2D eigenvalue weighted by Gasteiger charge is 2.48. The van der Waals surface area contributed by atoms with Gasteiger partial charge in [-0.25, -0.2) is 0 Å². The lowest BCUT2D eigenvalue weighted by molar-refractivity contribution is -0.135. The lowest BCUT2D eigenvalue weighted by atomic mass is 9.64. The first-order chi connectivity index (χ1) is 9.71. The molecule has 2 rings (SSSR count). The van der Waals surface area contributed by atoms with Crippen molar-refractivity contribution in [1.29, 1.82) is 0 Å². The molecule has 0 spiro atoms. The number of benzene rings is 1. The molecule has 3 unspecified atom stereocenters. The van der Waals surface area contributed by atoms with Crippen molar-refractivity contribution in [3.05, 3.63) is 27.7 Å². The fraction of sp³-hybridized carbons (Fsp3) is 0.533. The maximum absolute atomic E-state index is 12.2. The summed E-state index contributed by atoms with van der Waals surface area (Å²) in [6.45, 7) is 5.57. The van der Waals surface area contributed by atoms with E-state index < -0.39 is 6.10 Å². The average molecular weight is 377 g/mol. The molecule has 0 saturated heterocycles. The molecule has 1 aliphatic rings. The quantitative estimate of drug-likeness (QED) is 0.849. The molecule has 1 aliphatic carbocycles. The zero-order valence-electron chi connectivity index (χ0n) is 12.2. The number of amides is 1. The first kappa shape index (κ1) is 16.6. The van der Waals surface area contributed by atoms with Crippen molar-refractivity contribution in [2.24, 2.45) is 5.41 Å². The van der Waals surface area contributed by atoms with Gasteiger partial charge in [-0.15, -0.1) is 0 Å². The van der Waals surface area contributed by atoms with Gasteiger partial charge < -0.3 is 15.2 Å². The normalized spacial score (nSPS) is 24.9. The molecule has 3 atom stereocenters. The van der Waals surface area contributed by atoms with Gasteiger partial charge in [-0.1, -0.05) is 25.4 Å². The molecule has 6 heteroatoms. The Morgan fingerprint density at radius 1 is 1.57 bits per heavy atom. The summed E-state index contributed by atoms with van der Waals surface area (Å²) in [6, 6.07) is 5.11. The van der Waals surface area contributed by atoms with Crippen molar-refractivity contribution in [2.45, 2.75) is 45.4 Å². The minimum Gasteiger partial charge on any atom is -0.480 e.